The molecule has 0 atom stereocenters. The van der Waals surface area contributed by atoms with E-state index >= 15 is 0 Å². The first-order valence-corrected chi connectivity index (χ1v) is 7.49. The van der Waals surface area contributed by atoms with Crippen LogP contribution in [0.1, 0.15) is 25.3 Å². The minimum absolute atomic E-state index is 0.364. The molecule has 2 rings (SSSR count). The summed E-state index contributed by atoms with van der Waals surface area (Å²) < 4.78 is 6.52. The Morgan fingerprint density at radius 1 is 1.39 bits per heavy atom. The molecule has 0 spiro atoms. The van der Waals surface area contributed by atoms with Crippen molar-refractivity contribution in [2.75, 3.05) is 19.8 Å². The van der Waals surface area contributed by atoms with Crippen LogP contribution >= 0.6 is 27.5 Å². The molecule has 4 heteroatoms. The first-order chi connectivity index (χ1) is 8.59. The van der Waals surface area contributed by atoms with Gasteiger partial charge in [-0.25, -0.2) is 0 Å². The molecule has 1 aromatic rings. The lowest BCUT2D eigenvalue weighted by Crippen LogP contribution is -2.36. The maximum Gasteiger partial charge on any atom is 0.0471 e. The molecule has 0 aromatic heterocycles. The minimum Gasteiger partial charge on any atom is -0.381 e. The van der Waals surface area contributed by atoms with Crippen molar-refractivity contribution in [1.82, 2.24) is 5.32 Å². The fourth-order valence-corrected chi connectivity index (χ4v) is 2.80. The Balaban J connectivity index is 1.86. The SMILES string of the molecule is CC1(CNCc2cc(Cl)ccc2Br)CCOCC1. The Morgan fingerprint density at radius 3 is 2.83 bits per heavy atom. The van der Waals surface area contributed by atoms with E-state index in [1.807, 2.05) is 18.2 Å². The van der Waals surface area contributed by atoms with Crippen molar-refractivity contribution >= 4 is 27.5 Å². The fourth-order valence-electron chi connectivity index (χ4n) is 2.22. The maximum absolute atomic E-state index is 6.01. The molecule has 100 valence electrons. The van der Waals surface area contributed by atoms with E-state index in [1.54, 1.807) is 0 Å². The number of halogens is 2. The van der Waals surface area contributed by atoms with E-state index in [1.165, 1.54) is 5.56 Å². The molecule has 2 nitrogen and oxygen atoms in total. The van der Waals surface area contributed by atoms with Gasteiger partial charge in [-0.05, 0) is 42.0 Å². The average Bonchev–Trinajstić information content (AvgIpc) is 2.34. The van der Waals surface area contributed by atoms with Gasteiger partial charge in [-0.3, -0.25) is 0 Å². The summed E-state index contributed by atoms with van der Waals surface area (Å²) in [7, 11) is 0. The smallest absolute Gasteiger partial charge is 0.0471 e. The molecule has 0 amide bonds. The summed E-state index contributed by atoms with van der Waals surface area (Å²) in [4.78, 5) is 0. The monoisotopic (exact) mass is 331 g/mol. The average molecular weight is 333 g/mol. The summed E-state index contributed by atoms with van der Waals surface area (Å²) in [6.07, 6.45) is 2.27. The van der Waals surface area contributed by atoms with Crippen molar-refractivity contribution in [2.24, 2.45) is 5.41 Å². The standard InChI is InChI=1S/C14H19BrClNO/c1-14(4-6-18-7-5-14)10-17-9-11-8-12(16)2-3-13(11)15/h2-3,8,17H,4-7,9-10H2,1H3. The third-order valence-corrected chi connectivity index (χ3v) is 4.58. The number of hydrogen-bond acceptors (Lipinski definition) is 2. The molecule has 0 bridgehead atoms. The van der Waals surface area contributed by atoms with Crippen molar-refractivity contribution in [1.29, 1.82) is 0 Å². The van der Waals surface area contributed by atoms with Gasteiger partial charge in [-0.15, -0.1) is 0 Å². The molecule has 0 radical (unpaired) electrons. The largest absolute Gasteiger partial charge is 0.381 e. The van der Waals surface area contributed by atoms with Crippen molar-refractivity contribution in [3.8, 4) is 0 Å². The molecule has 0 unspecified atom stereocenters. The third kappa shape index (κ3) is 3.95. The maximum atomic E-state index is 6.01. The second kappa shape index (κ2) is 6.38. The first-order valence-electron chi connectivity index (χ1n) is 6.31. The molecule has 0 saturated carbocycles. The molecule has 1 aliphatic heterocycles. The molecule has 1 heterocycles. The van der Waals surface area contributed by atoms with Crippen molar-refractivity contribution in [3.05, 3.63) is 33.3 Å². The normalized spacial score (nSPS) is 18.8. The Hall–Kier alpha value is -0.0900. The van der Waals surface area contributed by atoms with Gasteiger partial charge in [0.25, 0.3) is 0 Å². The predicted octanol–water partition coefficient (Wildman–Crippen LogP) is 4.01. The molecule has 1 aliphatic rings. The van der Waals surface area contributed by atoms with E-state index in [9.17, 15) is 0 Å². The highest BCUT2D eigenvalue weighted by atomic mass is 79.9. The van der Waals surface area contributed by atoms with Gasteiger partial charge in [0.1, 0.15) is 0 Å². The molecule has 1 fully saturated rings. The number of ether oxygens (including phenoxy) is 1. The van der Waals surface area contributed by atoms with E-state index in [-0.39, 0.29) is 0 Å². The zero-order valence-corrected chi connectivity index (χ0v) is 13.0. The second-order valence-corrected chi connectivity index (χ2v) is 6.55. The Labute approximate surface area is 122 Å². The molecule has 1 aromatic carbocycles. The second-order valence-electron chi connectivity index (χ2n) is 5.26. The highest BCUT2D eigenvalue weighted by Gasteiger charge is 2.26. The van der Waals surface area contributed by atoms with E-state index in [2.05, 4.69) is 28.2 Å². The quantitative estimate of drug-likeness (QED) is 0.899. The highest BCUT2D eigenvalue weighted by Crippen LogP contribution is 2.29. The molecule has 1 saturated heterocycles. The summed E-state index contributed by atoms with van der Waals surface area (Å²) in [5.41, 5.74) is 1.57. The van der Waals surface area contributed by atoms with Gasteiger partial charge in [0, 0.05) is 35.8 Å². The lowest BCUT2D eigenvalue weighted by atomic mass is 9.82. The summed E-state index contributed by atoms with van der Waals surface area (Å²) in [6.45, 7) is 5.97. The van der Waals surface area contributed by atoms with Gasteiger partial charge in [-0.1, -0.05) is 34.5 Å². The molecule has 1 N–H and O–H groups in total. The molecular weight excluding hydrogens is 314 g/mol. The summed E-state index contributed by atoms with van der Waals surface area (Å²) in [5.74, 6) is 0. The summed E-state index contributed by atoms with van der Waals surface area (Å²) >= 11 is 9.56. The van der Waals surface area contributed by atoms with Crippen LogP contribution in [-0.2, 0) is 11.3 Å². The van der Waals surface area contributed by atoms with Crippen LogP contribution in [0.3, 0.4) is 0 Å². The van der Waals surface area contributed by atoms with Crippen LogP contribution in [0.15, 0.2) is 22.7 Å². The lowest BCUT2D eigenvalue weighted by molar-refractivity contribution is 0.0240. The van der Waals surface area contributed by atoms with E-state index in [0.29, 0.717) is 5.41 Å². The van der Waals surface area contributed by atoms with Crippen LogP contribution in [0.2, 0.25) is 5.02 Å². The number of benzene rings is 1. The van der Waals surface area contributed by atoms with Crippen LogP contribution in [0.4, 0.5) is 0 Å². The van der Waals surface area contributed by atoms with Gasteiger partial charge in [-0.2, -0.15) is 0 Å². The van der Waals surface area contributed by atoms with Crippen LogP contribution < -0.4 is 5.32 Å². The van der Waals surface area contributed by atoms with Gasteiger partial charge in [0.05, 0.1) is 0 Å². The Morgan fingerprint density at radius 2 is 2.11 bits per heavy atom. The third-order valence-electron chi connectivity index (χ3n) is 3.57. The van der Waals surface area contributed by atoms with Gasteiger partial charge in [0.2, 0.25) is 0 Å². The van der Waals surface area contributed by atoms with Crippen molar-refractivity contribution in [2.45, 2.75) is 26.3 Å². The fraction of sp³-hybridized carbons (Fsp3) is 0.571. The Kier molecular flexibility index (Phi) is 5.07. The van der Waals surface area contributed by atoms with E-state index in [4.69, 9.17) is 16.3 Å². The van der Waals surface area contributed by atoms with Crippen LogP contribution in [0, 0.1) is 5.41 Å². The summed E-state index contributed by atoms with van der Waals surface area (Å²) in [6, 6.07) is 5.90. The van der Waals surface area contributed by atoms with E-state index in [0.717, 1.165) is 48.6 Å². The number of hydrogen-bond donors (Lipinski definition) is 1. The highest BCUT2D eigenvalue weighted by molar-refractivity contribution is 9.10. The molecular formula is C14H19BrClNO. The number of rotatable bonds is 4. The van der Waals surface area contributed by atoms with Gasteiger partial charge in [0.15, 0.2) is 0 Å². The van der Waals surface area contributed by atoms with Gasteiger partial charge >= 0.3 is 0 Å². The van der Waals surface area contributed by atoms with Crippen LogP contribution in [0.25, 0.3) is 0 Å². The summed E-state index contributed by atoms with van der Waals surface area (Å²) in [5, 5.41) is 4.32. The Bertz CT molecular complexity index is 405. The lowest BCUT2D eigenvalue weighted by Gasteiger charge is -2.33. The van der Waals surface area contributed by atoms with E-state index < -0.39 is 0 Å². The van der Waals surface area contributed by atoms with Crippen LogP contribution in [0.5, 0.6) is 0 Å². The predicted molar refractivity (Wildman–Crippen MR) is 79.0 cm³/mol. The molecule has 0 aliphatic carbocycles. The number of nitrogens with one attached hydrogen (secondary N) is 1. The first kappa shape index (κ1) is 14.3. The van der Waals surface area contributed by atoms with Crippen molar-refractivity contribution in [3.63, 3.8) is 0 Å². The van der Waals surface area contributed by atoms with Gasteiger partial charge < -0.3 is 10.1 Å². The van der Waals surface area contributed by atoms with Crippen molar-refractivity contribution < 1.29 is 4.74 Å². The zero-order chi connectivity index (χ0) is 13.0. The topological polar surface area (TPSA) is 21.3 Å². The minimum atomic E-state index is 0.364. The zero-order valence-electron chi connectivity index (χ0n) is 10.6. The van der Waals surface area contributed by atoms with Crippen LogP contribution in [-0.4, -0.2) is 19.8 Å². The molecule has 18 heavy (non-hydrogen) atoms.